The Morgan fingerprint density at radius 3 is 2.71 bits per heavy atom. The molecule has 0 radical (unpaired) electrons. The molecule has 1 fully saturated rings. The smallest absolute Gasteiger partial charge is 0.410 e. The summed E-state index contributed by atoms with van der Waals surface area (Å²) in [5.74, 6) is -0.523. The fourth-order valence-electron chi connectivity index (χ4n) is 3.99. The normalized spacial score (nSPS) is 16.0. The topological polar surface area (TPSA) is 100 Å². The van der Waals surface area contributed by atoms with E-state index in [2.05, 4.69) is 10.6 Å². The predicted molar refractivity (Wildman–Crippen MR) is 131 cm³/mol. The first kappa shape index (κ1) is 24.5. The van der Waals surface area contributed by atoms with Crippen molar-refractivity contribution in [2.45, 2.75) is 19.9 Å². The molecule has 34 heavy (non-hydrogen) atoms. The van der Waals surface area contributed by atoms with E-state index in [0.29, 0.717) is 73.7 Å². The zero-order chi connectivity index (χ0) is 24.1. The first-order valence-corrected chi connectivity index (χ1v) is 12.4. The van der Waals surface area contributed by atoms with Gasteiger partial charge in [-0.25, -0.2) is 4.79 Å². The van der Waals surface area contributed by atoms with Crippen molar-refractivity contribution in [3.05, 3.63) is 45.3 Å². The Labute approximate surface area is 206 Å². The number of hydrogen-bond acceptors (Lipinski definition) is 7. The second-order valence-corrected chi connectivity index (χ2v) is 9.52. The van der Waals surface area contributed by atoms with E-state index in [1.165, 1.54) is 11.3 Å². The van der Waals surface area contributed by atoms with Gasteiger partial charge in [-0.2, -0.15) is 0 Å². The minimum absolute atomic E-state index is 0.195. The number of thiophene rings is 1. The number of amides is 3. The van der Waals surface area contributed by atoms with Gasteiger partial charge < -0.3 is 25.0 Å². The van der Waals surface area contributed by atoms with Gasteiger partial charge in [0.1, 0.15) is 5.00 Å². The molecule has 2 aliphatic heterocycles. The molecule has 11 heteroatoms. The molecule has 182 valence electrons. The van der Waals surface area contributed by atoms with Crippen LogP contribution < -0.4 is 10.6 Å². The molecule has 0 bridgehead atoms. The molecule has 3 amide bonds. The highest BCUT2D eigenvalue weighted by Gasteiger charge is 2.31. The van der Waals surface area contributed by atoms with E-state index >= 15 is 0 Å². The summed E-state index contributed by atoms with van der Waals surface area (Å²) < 4.78 is 10.5. The largest absolute Gasteiger partial charge is 0.450 e. The SMILES string of the molecule is CCOC(=O)N1CCc2c(sc(NC(=O)CN3CCOCC3)c2C(=O)Nc2cccc(Cl)c2)C1. The molecular formula is C23H27ClN4O5S. The minimum atomic E-state index is -0.385. The molecule has 0 atom stereocenters. The van der Waals surface area contributed by atoms with Crippen molar-refractivity contribution in [1.82, 2.24) is 9.80 Å². The van der Waals surface area contributed by atoms with Crippen LogP contribution in [0.1, 0.15) is 27.7 Å². The molecule has 1 saturated heterocycles. The van der Waals surface area contributed by atoms with Gasteiger partial charge in [-0.1, -0.05) is 17.7 Å². The quantitative estimate of drug-likeness (QED) is 0.622. The summed E-state index contributed by atoms with van der Waals surface area (Å²) in [5.41, 5.74) is 1.83. The van der Waals surface area contributed by atoms with Crippen molar-refractivity contribution in [2.75, 3.05) is 56.6 Å². The van der Waals surface area contributed by atoms with Gasteiger partial charge in [0.2, 0.25) is 5.91 Å². The third kappa shape index (κ3) is 5.87. The van der Waals surface area contributed by atoms with Crippen molar-refractivity contribution in [3.63, 3.8) is 0 Å². The van der Waals surface area contributed by atoms with Crippen LogP contribution in [0.25, 0.3) is 0 Å². The number of ether oxygens (including phenoxy) is 2. The summed E-state index contributed by atoms with van der Waals surface area (Å²) in [5, 5.41) is 6.81. The lowest BCUT2D eigenvalue weighted by atomic mass is 10.0. The predicted octanol–water partition coefficient (Wildman–Crippen LogP) is 3.44. The van der Waals surface area contributed by atoms with E-state index in [1.807, 2.05) is 4.90 Å². The summed E-state index contributed by atoms with van der Waals surface area (Å²) in [4.78, 5) is 42.9. The van der Waals surface area contributed by atoms with Gasteiger partial charge in [-0.05, 0) is 37.1 Å². The number of nitrogens with zero attached hydrogens (tertiary/aromatic N) is 2. The average Bonchev–Trinajstić information content (AvgIpc) is 3.16. The molecule has 0 aliphatic carbocycles. The first-order valence-electron chi connectivity index (χ1n) is 11.2. The third-order valence-corrected chi connectivity index (χ3v) is 6.98. The fourth-order valence-corrected chi connectivity index (χ4v) is 5.46. The average molecular weight is 507 g/mol. The number of benzene rings is 1. The maximum absolute atomic E-state index is 13.3. The highest BCUT2D eigenvalue weighted by atomic mass is 35.5. The molecule has 4 rings (SSSR count). The molecule has 0 unspecified atom stereocenters. The molecule has 0 saturated carbocycles. The van der Waals surface area contributed by atoms with E-state index in [9.17, 15) is 14.4 Å². The number of nitrogens with one attached hydrogen (secondary N) is 2. The van der Waals surface area contributed by atoms with Gasteiger partial charge in [0.15, 0.2) is 0 Å². The number of hydrogen-bond donors (Lipinski definition) is 2. The Bertz CT molecular complexity index is 1070. The first-order chi connectivity index (χ1) is 16.4. The van der Waals surface area contributed by atoms with Gasteiger partial charge in [0.05, 0.1) is 38.5 Å². The summed E-state index contributed by atoms with van der Waals surface area (Å²) in [6.07, 6.45) is 0.104. The Morgan fingerprint density at radius 1 is 1.18 bits per heavy atom. The van der Waals surface area contributed by atoms with Crippen LogP contribution in [0.2, 0.25) is 5.02 Å². The van der Waals surface area contributed by atoms with Gasteiger partial charge >= 0.3 is 6.09 Å². The molecule has 2 N–H and O–H groups in total. The molecular weight excluding hydrogens is 480 g/mol. The van der Waals surface area contributed by atoms with Crippen molar-refractivity contribution in [2.24, 2.45) is 0 Å². The fraction of sp³-hybridized carbons (Fsp3) is 0.435. The standard InChI is InChI=1S/C23H27ClN4O5S/c1-2-33-23(31)28-7-6-17-18(13-28)34-22(26-19(29)14-27-8-10-32-11-9-27)20(17)21(30)25-16-5-3-4-15(24)12-16/h3-5,12H,2,6-11,13-14H2,1H3,(H,25,30)(H,26,29). The number of morpholine rings is 1. The van der Waals surface area contributed by atoms with Crippen LogP contribution in [0.4, 0.5) is 15.5 Å². The van der Waals surface area contributed by atoms with Crippen LogP contribution in [-0.4, -0.2) is 73.7 Å². The zero-order valence-corrected chi connectivity index (χ0v) is 20.5. The number of fused-ring (bicyclic) bond motifs is 1. The van der Waals surface area contributed by atoms with Crippen LogP contribution in [0.15, 0.2) is 24.3 Å². The number of anilines is 2. The lowest BCUT2D eigenvalue weighted by Gasteiger charge is -2.26. The van der Waals surface area contributed by atoms with Crippen LogP contribution in [-0.2, 0) is 27.2 Å². The second-order valence-electron chi connectivity index (χ2n) is 7.98. The van der Waals surface area contributed by atoms with Crippen molar-refractivity contribution in [1.29, 1.82) is 0 Å². The van der Waals surface area contributed by atoms with Gasteiger partial charge in [-0.15, -0.1) is 11.3 Å². The third-order valence-electron chi connectivity index (χ3n) is 5.62. The van der Waals surface area contributed by atoms with Crippen molar-refractivity contribution in [3.8, 4) is 0 Å². The summed E-state index contributed by atoms with van der Waals surface area (Å²) in [6, 6.07) is 6.90. The number of carbonyl (C=O) groups is 3. The maximum Gasteiger partial charge on any atom is 0.410 e. The van der Waals surface area contributed by atoms with E-state index < -0.39 is 0 Å². The summed E-state index contributed by atoms with van der Waals surface area (Å²) in [6.45, 7) is 5.60. The van der Waals surface area contributed by atoms with Gasteiger partial charge in [-0.3, -0.25) is 14.5 Å². The molecule has 1 aromatic heterocycles. The molecule has 2 aromatic rings. The number of halogens is 1. The summed E-state index contributed by atoms with van der Waals surface area (Å²) >= 11 is 7.39. The molecule has 9 nitrogen and oxygen atoms in total. The minimum Gasteiger partial charge on any atom is -0.450 e. The maximum atomic E-state index is 13.3. The van der Waals surface area contributed by atoms with Crippen LogP contribution >= 0.6 is 22.9 Å². The Kier molecular flexibility index (Phi) is 8.04. The van der Waals surface area contributed by atoms with Gasteiger partial charge in [0.25, 0.3) is 5.91 Å². The molecule has 1 aromatic carbocycles. The Morgan fingerprint density at radius 2 is 1.97 bits per heavy atom. The van der Waals surface area contributed by atoms with E-state index in [0.717, 1.165) is 10.4 Å². The van der Waals surface area contributed by atoms with Gasteiger partial charge in [0, 0.05) is 35.2 Å². The monoisotopic (exact) mass is 506 g/mol. The van der Waals surface area contributed by atoms with Crippen molar-refractivity contribution >= 4 is 51.5 Å². The number of carbonyl (C=O) groups excluding carboxylic acids is 3. The van der Waals surface area contributed by atoms with Crippen LogP contribution in [0.3, 0.4) is 0 Å². The lowest BCUT2D eigenvalue weighted by Crippen LogP contribution is -2.41. The van der Waals surface area contributed by atoms with Crippen LogP contribution in [0, 0.1) is 0 Å². The van der Waals surface area contributed by atoms with Crippen molar-refractivity contribution < 1.29 is 23.9 Å². The molecule has 3 heterocycles. The summed E-state index contributed by atoms with van der Waals surface area (Å²) in [7, 11) is 0. The highest BCUT2D eigenvalue weighted by molar-refractivity contribution is 7.17. The Balaban J connectivity index is 1.57. The zero-order valence-electron chi connectivity index (χ0n) is 18.9. The van der Waals surface area contributed by atoms with E-state index in [4.69, 9.17) is 21.1 Å². The van der Waals surface area contributed by atoms with Crippen LogP contribution in [0.5, 0.6) is 0 Å². The lowest BCUT2D eigenvalue weighted by molar-refractivity contribution is -0.118. The molecule has 2 aliphatic rings. The molecule has 0 spiro atoms. The Hall–Kier alpha value is -2.66. The van der Waals surface area contributed by atoms with E-state index in [1.54, 1.807) is 36.1 Å². The second kappa shape index (κ2) is 11.2. The number of rotatable bonds is 6. The van der Waals surface area contributed by atoms with E-state index in [-0.39, 0.29) is 24.5 Å². The highest BCUT2D eigenvalue weighted by Crippen LogP contribution is 2.38.